The van der Waals surface area contributed by atoms with Gasteiger partial charge in [-0.3, -0.25) is 4.99 Å². The van der Waals surface area contributed by atoms with Crippen LogP contribution in [0, 0.1) is 11.7 Å². The molecule has 0 aliphatic carbocycles. The van der Waals surface area contributed by atoms with E-state index < -0.39 is 5.82 Å². The molecule has 3 N–H and O–H groups in total. The maximum atomic E-state index is 13.3. The third kappa shape index (κ3) is 6.78. The molecule has 0 aromatic heterocycles. The lowest BCUT2D eigenvalue weighted by Gasteiger charge is -2.18. The summed E-state index contributed by atoms with van der Waals surface area (Å²) in [7, 11) is 1.72. The molecule has 1 aromatic carbocycles. The lowest BCUT2D eigenvalue weighted by Crippen LogP contribution is -2.41. The van der Waals surface area contributed by atoms with Crippen LogP contribution in [0.15, 0.2) is 23.2 Å². The topological polar surface area (TPSA) is 56.7 Å². The Bertz CT molecular complexity index is 489. The molecule has 1 aromatic rings. The Morgan fingerprint density at radius 2 is 2.00 bits per heavy atom. The van der Waals surface area contributed by atoms with Gasteiger partial charge in [-0.05, 0) is 37.0 Å². The summed E-state index contributed by atoms with van der Waals surface area (Å²) in [5.41, 5.74) is 0.755. The second-order valence-corrected chi connectivity index (χ2v) is 6.08. The van der Waals surface area contributed by atoms with Gasteiger partial charge in [0.2, 0.25) is 0 Å². The van der Waals surface area contributed by atoms with Gasteiger partial charge in [0.1, 0.15) is 0 Å². The fraction of sp³-hybridized carbons (Fsp3) is 0.588. The van der Waals surface area contributed by atoms with Gasteiger partial charge in [-0.1, -0.05) is 32.8 Å². The monoisotopic (exact) mass is 309 g/mol. The van der Waals surface area contributed by atoms with Crippen LogP contribution in [-0.2, 0) is 6.54 Å². The fourth-order valence-electron chi connectivity index (χ4n) is 2.18. The molecule has 1 atom stereocenters. The lowest BCUT2D eigenvalue weighted by atomic mass is 10.0. The van der Waals surface area contributed by atoms with E-state index in [1.54, 1.807) is 13.1 Å². The van der Waals surface area contributed by atoms with Crippen molar-refractivity contribution in [3.8, 4) is 5.75 Å². The number of phenols is 1. The number of guanidine groups is 1. The van der Waals surface area contributed by atoms with Crippen LogP contribution in [-0.4, -0.2) is 24.2 Å². The maximum absolute atomic E-state index is 13.3. The van der Waals surface area contributed by atoms with Gasteiger partial charge in [-0.25, -0.2) is 4.39 Å². The highest BCUT2D eigenvalue weighted by atomic mass is 19.1. The van der Waals surface area contributed by atoms with Crippen LogP contribution >= 0.6 is 0 Å². The third-order valence-electron chi connectivity index (χ3n) is 3.50. The van der Waals surface area contributed by atoms with Gasteiger partial charge >= 0.3 is 0 Å². The number of phenolic OH excluding ortho intramolecular Hbond substituents is 1. The predicted octanol–water partition coefficient (Wildman–Crippen LogP) is 3.41. The minimum absolute atomic E-state index is 0.329. The summed E-state index contributed by atoms with van der Waals surface area (Å²) in [5, 5.41) is 15.7. The van der Waals surface area contributed by atoms with Crippen LogP contribution in [0.1, 0.15) is 45.6 Å². The smallest absolute Gasteiger partial charge is 0.191 e. The molecule has 4 nitrogen and oxygen atoms in total. The quantitative estimate of drug-likeness (QED) is 0.534. The molecule has 0 fully saturated rings. The fourth-order valence-corrected chi connectivity index (χ4v) is 2.18. The first-order valence-electron chi connectivity index (χ1n) is 7.87. The van der Waals surface area contributed by atoms with Gasteiger partial charge in [0.15, 0.2) is 17.5 Å². The van der Waals surface area contributed by atoms with Gasteiger partial charge in [-0.2, -0.15) is 0 Å². The summed E-state index contributed by atoms with van der Waals surface area (Å²) in [4.78, 5) is 4.18. The summed E-state index contributed by atoms with van der Waals surface area (Å²) in [6.07, 6.45) is 3.50. The molecule has 22 heavy (non-hydrogen) atoms. The lowest BCUT2D eigenvalue weighted by molar-refractivity contribution is 0.431. The molecule has 0 aliphatic heterocycles. The first kappa shape index (κ1) is 18.3. The van der Waals surface area contributed by atoms with E-state index in [1.165, 1.54) is 25.0 Å². The zero-order chi connectivity index (χ0) is 16.5. The number of aromatic hydroxyl groups is 1. The molecule has 0 amide bonds. The van der Waals surface area contributed by atoms with Crippen LogP contribution in [0.25, 0.3) is 0 Å². The van der Waals surface area contributed by atoms with E-state index in [0.29, 0.717) is 18.5 Å². The molecule has 124 valence electrons. The summed E-state index contributed by atoms with van der Waals surface area (Å²) >= 11 is 0. The number of aliphatic imine (C=N–C) groups is 1. The van der Waals surface area contributed by atoms with Crippen LogP contribution in [0.5, 0.6) is 5.75 Å². The molecule has 0 spiro atoms. The van der Waals surface area contributed by atoms with Crippen molar-refractivity contribution >= 4 is 5.96 Å². The van der Waals surface area contributed by atoms with Crippen molar-refractivity contribution in [2.45, 2.75) is 52.6 Å². The Morgan fingerprint density at radius 1 is 1.27 bits per heavy atom. The second-order valence-electron chi connectivity index (χ2n) is 6.08. The van der Waals surface area contributed by atoms with Crippen LogP contribution in [0.3, 0.4) is 0 Å². The van der Waals surface area contributed by atoms with E-state index in [1.807, 2.05) is 0 Å². The third-order valence-corrected chi connectivity index (χ3v) is 3.50. The van der Waals surface area contributed by atoms with Gasteiger partial charge in [0, 0.05) is 19.6 Å². The van der Waals surface area contributed by atoms with Crippen LogP contribution < -0.4 is 10.6 Å². The molecular formula is C17H28FN3O. The van der Waals surface area contributed by atoms with Crippen molar-refractivity contribution in [3.05, 3.63) is 29.6 Å². The summed E-state index contributed by atoms with van der Waals surface area (Å²) < 4.78 is 13.3. The molecule has 0 aliphatic rings. The minimum atomic E-state index is -0.607. The molecular weight excluding hydrogens is 281 g/mol. The maximum Gasteiger partial charge on any atom is 0.191 e. The zero-order valence-electron chi connectivity index (χ0n) is 14.0. The van der Waals surface area contributed by atoms with Crippen LogP contribution in [0.2, 0.25) is 0 Å². The standard InChI is InChI=1S/C17H28FN3O/c1-12(2)6-5-7-13(3)21-17(19-4)20-11-14-8-9-16(22)15(18)10-14/h8-10,12-13,22H,5-7,11H2,1-4H3,(H2,19,20,21). The van der Waals surface area contributed by atoms with Gasteiger partial charge in [0.05, 0.1) is 0 Å². The zero-order valence-corrected chi connectivity index (χ0v) is 14.0. The van der Waals surface area contributed by atoms with Crippen molar-refractivity contribution in [1.29, 1.82) is 0 Å². The molecule has 0 radical (unpaired) electrons. The van der Waals surface area contributed by atoms with Crippen molar-refractivity contribution in [2.24, 2.45) is 10.9 Å². The number of nitrogens with one attached hydrogen (secondary N) is 2. The number of nitrogens with zero attached hydrogens (tertiary/aromatic N) is 1. The van der Waals surface area contributed by atoms with E-state index in [4.69, 9.17) is 0 Å². The highest BCUT2D eigenvalue weighted by Crippen LogP contribution is 2.15. The largest absolute Gasteiger partial charge is 0.505 e. The molecule has 0 saturated heterocycles. The average Bonchev–Trinajstić information content (AvgIpc) is 2.46. The first-order chi connectivity index (χ1) is 10.4. The number of rotatable bonds is 7. The van der Waals surface area contributed by atoms with E-state index in [2.05, 4.69) is 36.4 Å². The SMILES string of the molecule is CN=C(NCc1ccc(O)c(F)c1)NC(C)CCCC(C)C. The predicted molar refractivity (Wildman–Crippen MR) is 89.6 cm³/mol. The summed E-state index contributed by atoms with van der Waals surface area (Å²) in [6.45, 7) is 7.05. The van der Waals surface area contributed by atoms with Crippen molar-refractivity contribution in [2.75, 3.05) is 7.05 Å². The molecule has 0 saturated carbocycles. The van der Waals surface area contributed by atoms with Crippen LogP contribution in [0.4, 0.5) is 4.39 Å². The molecule has 0 heterocycles. The molecule has 0 bridgehead atoms. The Labute approximate surface area is 132 Å². The highest BCUT2D eigenvalue weighted by Gasteiger charge is 2.07. The van der Waals surface area contributed by atoms with Gasteiger partial charge in [-0.15, -0.1) is 0 Å². The molecule has 1 unspecified atom stereocenters. The Kier molecular flexibility index (Phi) is 7.71. The normalized spacial score (nSPS) is 13.3. The van der Waals surface area contributed by atoms with Crippen molar-refractivity contribution in [1.82, 2.24) is 10.6 Å². The number of benzene rings is 1. The van der Waals surface area contributed by atoms with E-state index >= 15 is 0 Å². The summed E-state index contributed by atoms with van der Waals surface area (Å²) in [5.74, 6) is 0.494. The molecule has 5 heteroatoms. The van der Waals surface area contributed by atoms with E-state index in [9.17, 15) is 9.50 Å². The van der Waals surface area contributed by atoms with Gasteiger partial charge < -0.3 is 15.7 Å². The summed E-state index contributed by atoms with van der Waals surface area (Å²) in [6, 6.07) is 4.70. The minimum Gasteiger partial charge on any atom is -0.505 e. The second kappa shape index (κ2) is 9.28. The van der Waals surface area contributed by atoms with E-state index in [-0.39, 0.29) is 5.75 Å². The van der Waals surface area contributed by atoms with Crippen molar-refractivity contribution in [3.63, 3.8) is 0 Å². The van der Waals surface area contributed by atoms with E-state index in [0.717, 1.165) is 17.9 Å². The molecule has 1 rings (SSSR count). The Morgan fingerprint density at radius 3 is 2.59 bits per heavy atom. The number of halogens is 1. The van der Waals surface area contributed by atoms with Crippen molar-refractivity contribution < 1.29 is 9.50 Å². The van der Waals surface area contributed by atoms with Gasteiger partial charge in [0.25, 0.3) is 0 Å². The number of hydrogen-bond acceptors (Lipinski definition) is 2. The Hall–Kier alpha value is -1.78. The first-order valence-corrected chi connectivity index (χ1v) is 7.87. The average molecular weight is 309 g/mol. The Balaban J connectivity index is 2.40. The number of hydrogen-bond donors (Lipinski definition) is 3. The highest BCUT2D eigenvalue weighted by molar-refractivity contribution is 5.79.